The van der Waals surface area contributed by atoms with Crippen LogP contribution in [0.5, 0.6) is 0 Å². The largest absolute Gasteiger partial charge is 0.480 e. The molecule has 0 aliphatic carbocycles. The SMILES string of the molecule is NCc1cccc(C(=O)N[C@@H]2C[C@@H](C(=O)O)Nc3cc(Cl)cc(Cl)c32)c1. The van der Waals surface area contributed by atoms with Gasteiger partial charge in [-0.3, -0.25) is 4.79 Å². The van der Waals surface area contributed by atoms with Gasteiger partial charge in [0.05, 0.1) is 6.04 Å². The minimum Gasteiger partial charge on any atom is -0.480 e. The fourth-order valence-corrected chi connectivity index (χ4v) is 3.66. The summed E-state index contributed by atoms with van der Waals surface area (Å²) in [6.45, 7) is 0.322. The molecule has 6 nitrogen and oxygen atoms in total. The number of rotatable bonds is 4. The summed E-state index contributed by atoms with van der Waals surface area (Å²) in [6.07, 6.45) is 0.159. The molecule has 1 heterocycles. The van der Waals surface area contributed by atoms with Gasteiger partial charge in [-0.2, -0.15) is 0 Å². The number of carboxylic acids is 1. The first-order chi connectivity index (χ1) is 12.4. The maximum atomic E-state index is 12.7. The summed E-state index contributed by atoms with van der Waals surface area (Å²) in [4.78, 5) is 24.1. The van der Waals surface area contributed by atoms with Crippen LogP contribution in [-0.2, 0) is 11.3 Å². The maximum Gasteiger partial charge on any atom is 0.326 e. The minimum absolute atomic E-state index is 0.159. The molecule has 1 aliphatic rings. The number of carboxylic acid groups (broad SMARTS) is 1. The molecule has 0 bridgehead atoms. The van der Waals surface area contributed by atoms with E-state index in [9.17, 15) is 14.7 Å². The molecule has 0 aromatic heterocycles. The molecular formula is C18H17Cl2N3O3. The number of halogens is 2. The first-order valence-corrected chi connectivity index (χ1v) is 8.72. The highest BCUT2D eigenvalue weighted by Gasteiger charge is 2.33. The zero-order valence-corrected chi connectivity index (χ0v) is 15.1. The molecule has 136 valence electrons. The van der Waals surface area contributed by atoms with E-state index in [1.54, 1.807) is 30.3 Å². The third-order valence-corrected chi connectivity index (χ3v) is 4.80. The van der Waals surface area contributed by atoms with Crippen molar-refractivity contribution >= 4 is 40.8 Å². The third kappa shape index (κ3) is 3.77. The molecule has 2 atom stereocenters. The molecule has 0 unspecified atom stereocenters. The highest BCUT2D eigenvalue weighted by atomic mass is 35.5. The second-order valence-corrected chi connectivity index (χ2v) is 6.89. The Morgan fingerprint density at radius 2 is 2.04 bits per heavy atom. The summed E-state index contributed by atoms with van der Waals surface area (Å²) in [7, 11) is 0. The lowest BCUT2D eigenvalue weighted by atomic mass is 9.92. The van der Waals surface area contributed by atoms with Crippen LogP contribution >= 0.6 is 23.2 Å². The average molecular weight is 394 g/mol. The lowest BCUT2D eigenvalue weighted by molar-refractivity contribution is -0.138. The van der Waals surface area contributed by atoms with Crippen molar-refractivity contribution in [3.8, 4) is 0 Å². The fraction of sp³-hybridized carbons (Fsp3) is 0.222. The molecule has 5 N–H and O–H groups in total. The molecule has 3 rings (SSSR count). The molecule has 1 aliphatic heterocycles. The van der Waals surface area contributed by atoms with Crippen molar-refractivity contribution in [3.05, 3.63) is 63.1 Å². The van der Waals surface area contributed by atoms with Gasteiger partial charge in [0, 0.05) is 39.8 Å². The van der Waals surface area contributed by atoms with Gasteiger partial charge in [0.2, 0.25) is 0 Å². The summed E-state index contributed by atoms with van der Waals surface area (Å²) in [5.41, 5.74) is 8.02. The second kappa shape index (κ2) is 7.53. The van der Waals surface area contributed by atoms with Crippen LogP contribution in [0.4, 0.5) is 5.69 Å². The van der Waals surface area contributed by atoms with E-state index in [2.05, 4.69) is 10.6 Å². The number of hydrogen-bond donors (Lipinski definition) is 4. The van der Waals surface area contributed by atoms with E-state index < -0.39 is 18.1 Å². The molecular weight excluding hydrogens is 377 g/mol. The van der Waals surface area contributed by atoms with Crippen LogP contribution in [0, 0.1) is 0 Å². The lowest BCUT2D eigenvalue weighted by Crippen LogP contribution is -2.41. The number of nitrogens with two attached hydrogens (primary N) is 1. The fourth-order valence-electron chi connectivity index (χ4n) is 3.03. The van der Waals surface area contributed by atoms with Gasteiger partial charge < -0.3 is 21.5 Å². The topological polar surface area (TPSA) is 104 Å². The van der Waals surface area contributed by atoms with Crippen molar-refractivity contribution in [2.45, 2.75) is 25.0 Å². The van der Waals surface area contributed by atoms with E-state index in [0.29, 0.717) is 33.4 Å². The average Bonchev–Trinajstić information content (AvgIpc) is 2.60. The summed E-state index contributed by atoms with van der Waals surface area (Å²) >= 11 is 12.3. The molecule has 2 aromatic carbocycles. The minimum atomic E-state index is -1.02. The van der Waals surface area contributed by atoms with E-state index in [4.69, 9.17) is 28.9 Å². The van der Waals surface area contributed by atoms with Gasteiger partial charge in [-0.25, -0.2) is 4.79 Å². The van der Waals surface area contributed by atoms with E-state index in [0.717, 1.165) is 5.56 Å². The number of fused-ring (bicyclic) bond motifs is 1. The molecule has 0 fully saturated rings. The highest BCUT2D eigenvalue weighted by Crippen LogP contribution is 2.40. The lowest BCUT2D eigenvalue weighted by Gasteiger charge is -2.32. The van der Waals surface area contributed by atoms with Crippen LogP contribution in [0.2, 0.25) is 10.0 Å². The van der Waals surface area contributed by atoms with Crippen molar-refractivity contribution in [3.63, 3.8) is 0 Å². The monoisotopic (exact) mass is 393 g/mol. The Balaban J connectivity index is 1.93. The van der Waals surface area contributed by atoms with Gasteiger partial charge in [0.1, 0.15) is 6.04 Å². The van der Waals surface area contributed by atoms with Gasteiger partial charge in [-0.05, 0) is 29.8 Å². The van der Waals surface area contributed by atoms with Crippen LogP contribution in [0.15, 0.2) is 36.4 Å². The third-order valence-electron chi connectivity index (χ3n) is 4.27. The maximum absolute atomic E-state index is 12.7. The number of amides is 1. The van der Waals surface area contributed by atoms with Gasteiger partial charge >= 0.3 is 5.97 Å². The Morgan fingerprint density at radius 1 is 1.27 bits per heavy atom. The van der Waals surface area contributed by atoms with Crippen LogP contribution in [0.1, 0.15) is 33.9 Å². The molecule has 8 heteroatoms. The molecule has 2 aromatic rings. The van der Waals surface area contributed by atoms with Crippen LogP contribution in [0.3, 0.4) is 0 Å². The summed E-state index contributed by atoms with van der Waals surface area (Å²) < 4.78 is 0. The highest BCUT2D eigenvalue weighted by molar-refractivity contribution is 6.35. The van der Waals surface area contributed by atoms with Gasteiger partial charge in [0.15, 0.2) is 0 Å². The first kappa shape index (κ1) is 18.5. The van der Waals surface area contributed by atoms with Crippen LogP contribution < -0.4 is 16.4 Å². The summed E-state index contributed by atoms with van der Waals surface area (Å²) in [5, 5.41) is 15.9. The second-order valence-electron chi connectivity index (χ2n) is 6.05. The Hall–Kier alpha value is -2.28. The number of anilines is 1. The predicted octanol–water partition coefficient (Wildman–Crippen LogP) is 3.19. The van der Waals surface area contributed by atoms with Crippen molar-refractivity contribution in [1.29, 1.82) is 0 Å². The molecule has 0 saturated heterocycles. The summed E-state index contributed by atoms with van der Waals surface area (Å²) in [6, 6.07) is 8.70. The number of nitrogens with one attached hydrogen (secondary N) is 2. The molecule has 0 radical (unpaired) electrons. The van der Waals surface area contributed by atoms with Crippen LogP contribution in [0.25, 0.3) is 0 Å². The molecule has 0 saturated carbocycles. The van der Waals surface area contributed by atoms with Gasteiger partial charge in [-0.15, -0.1) is 0 Å². The normalized spacial score (nSPS) is 18.6. The number of carbonyl (C=O) groups is 2. The predicted molar refractivity (Wildman–Crippen MR) is 101 cm³/mol. The molecule has 1 amide bonds. The number of aliphatic carboxylic acids is 1. The van der Waals surface area contributed by atoms with Crippen molar-refractivity contribution in [2.24, 2.45) is 5.73 Å². The Labute approximate surface area is 160 Å². The number of carbonyl (C=O) groups excluding carboxylic acids is 1. The number of hydrogen-bond acceptors (Lipinski definition) is 4. The van der Waals surface area contributed by atoms with Gasteiger partial charge in [-0.1, -0.05) is 35.3 Å². The summed E-state index contributed by atoms with van der Waals surface area (Å²) in [5.74, 6) is -1.34. The van der Waals surface area contributed by atoms with Crippen LogP contribution in [-0.4, -0.2) is 23.0 Å². The van der Waals surface area contributed by atoms with E-state index in [1.165, 1.54) is 0 Å². The Bertz CT molecular complexity index is 873. The van der Waals surface area contributed by atoms with Crippen molar-refractivity contribution in [2.75, 3.05) is 5.32 Å². The molecule has 0 spiro atoms. The smallest absolute Gasteiger partial charge is 0.326 e. The van der Waals surface area contributed by atoms with E-state index in [1.807, 2.05) is 6.07 Å². The van der Waals surface area contributed by atoms with E-state index in [-0.39, 0.29) is 12.3 Å². The zero-order valence-electron chi connectivity index (χ0n) is 13.6. The molecule has 26 heavy (non-hydrogen) atoms. The standard InChI is InChI=1S/C18H17Cl2N3O3/c19-11-5-12(20)16-13(6-11)22-15(18(25)26)7-14(16)23-17(24)10-3-1-2-9(4-10)8-21/h1-6,14-15,22H,7-8,21H2,(H,23,24)(H,25,26)/t14-,15+/m1/s1. The Morgan fingerprint density at radius 3 is 2.73 bits per heavy atom. The number of benzene rings is 2. The van der Waals surface area contributed by atoms with Crippen molar-refractivity contribution in [1.82, 2.24) is 5.32 Å². The van der Waals surface area contributed by atoms with Crippen molar-refractivity contribution < 1.29 is 14.7 Å². The zero-order chi connectivity index (χ0) is 18.8. The Kier molecular flexibility index (Phi) is 5.36. The van der Waals surface area contributed by atoms with E-state index >= 15 is 0 Å². The first-order valence-electron chi connectivity index (χ1n) is 7.97. The van der Waals surface area contributed by atoms with Gasteiger partial charge in [0.25, 0.3) is 5.91 Å². The quantitative estimate of drug-likeness (QED) is 0.638.